The summed E-state index contributed by atoms with van der Waals surface area (Å²) in [7, 11) is -2.91. The molecule has 6 rings (SSSR count). The predicted octanol–water partition coefficient (Wildman–Crippen LogP) is 8.00. The van der Waals surface area contributed by atoms with Gasteiger partial charge in [-0.2, -0.15) is 8.42 Å². The Morgan fingerprint density at radius 2 is 1.56 bits per heavy atom. The molecular weight excluding hydrogens is 841 g/mol. The number of Topliss-reactive ketones (excluding diaryl/α,β-unsaturated/α-hetero) is 1. The van der Waals surface area contributed by atoms with Crippen molar-refractivity contribution in [1.82, 2.24) is 0 Å². The molecule has 5 heterocycles. The van der Waals surface area contributed by atoms with Crippen molar-refractivity contribution < 1.29 is 60.8 Å². The lowest BCUT2D eigenvalue weighted by molar-refractivity contribution is -0.406. The lowest BCUT2D eigenvalue weighted by Crippen LogP contribution is -2.63. The van der Waals surface area contributed by atoms with Crippen molar-refractivity contribution in [2.75, 3.05) is 7.11 Å². The molecular formula is C50H78O13S. The lowest BCUT2D eigenvalue weighted by Gasteiger charge is -2.54. The monoisotopic (exact) mass is 919 g/mol. The zero-order valence-corrected chi connectivity index (χ0v) is 41.2. The molecule has 64 heavy (non-hydrogen) atoms. The Bertz CT molecular complexity index is 1920. The first-order valence-corrected chi connectivity index (χ1v) is 25.5. The van der Waals surface area contributed by atoms with Crippen LogP contribution >= 0.6 is 0 Å². The van der Waals surface area contributed by atoms with Crippen LogP contribution in [0.1, 0.15) is 139 Å². The fraction of sp³-hybridized carbons (Fsp3) is 0.800. The highest BCUT2D eigenvalue weighted by Gasteiger charge is 2.64. The van der Waals surface area contributed by atoms with Gasteiger partial charge in [0.1, 0.15) is 11.9 Å². The third kappa shape index (κ3) is 9.84. The summed E-state index contributed by atoms with van der Waals surface area (Å²) in [5.74, 6) is -5.85. The van der Waals surface area contributed by atoms with Crippen molar-refractivity contribution in [3.8, 4) is 0 Å². The summed E-state index contributed by atoms with van der Waals surface area (Å²) >= 11 is 0. The molecule has 2 N–H and O–H groups in total. The average molecular weight is 919 g/mol. The number of aryl methyl sites for hydroxylation is 1. The third-order valence-corrected chi connectivity index (χ3v) is 17.5. The number of hydrogen-bond donors (Lipinski definition) is 2. The van der Waals surface area contributed by atoms with E-state index in [1.165, 1.54) is 19.2 Å². The van der Waals surface area contributed by atoms with E-state index in [4.69, 9.17) is 32.6 Å². The second-order valence-electron chi connectivity index (χ2n) is 20.4. The molecule has 18 atom stereocenters. The highest BCUT2D eigenvalue weighted by atomic mass is 32.2. The molecule has 2 spiro atoms. The molecule has 5 aliphatic rings. The molecule has 4 saturated heterocycles. The predicted molar refractivity (Wildman–Crippen MR) is 240 cm³/mol. The van der Waals surface area contributed by atoms with Crippen molar-refractivity contribution in [2.45, 2.75) is 211 Å². The molecule has 13 nitrogen and oxygen atoms in total. The largest absolute Gasteiger partial charge is 0.469 e. The first-order valence-electron chi connectivity index (χ1n) is 24.1. The smallest absolute Gasteiger partial charge is 0.311 e. The Morgan fingerprint density at radius 3 is 2.17 bits per heavy atom. The number of ketones is 1. The molecule has 0 unspecified atom stereocenters. The van der Waals surface area contributed by atoms with Crippen LogP contribution in [0.15, 0.2) is 41.3 Å². The Kier molecular flexibility index (Phi) is 15.8. The maximum atomic E-state index is 14.8. The summed E-state index contributed by atoms with van der Waals surface area (Å²) in [4.78, 5) is 27.4. The van der Waals surface area contributed by atoms with Crippen LogP contribution in [0.4, 0.5) is 0 Å². The quantitative estimate of drug-likeness (QED) is 0.0986. The van der Waals surface area contributed by atoms with Gasteiger partial charge < -0.3 is 38.6 Å². The van der Waals surface area contributed by atoms with Gasteiger partial charge in [0.25, 0.3) is 10.1 Å². The summed E-state index contributed by atoms with van der Waals surface area (Å²) in [6.07, 6.45) is 4.51. The van der Waals surface area contributed by atoms with Crippen LogP contribution in [-0.2, 0) is 52.3 Å². The van der Waals surface area contributed by atoms with Gasteiger partial charge in [-0.25, -0.2) is 0 Å². The van der Waals surface area contributed by atoms with Crippen LogP contribution in [0, 0.1) is 48.3 Å². The number of benzene rings is 1. The summed E-state index contributed by atoms with van der Waals surface area (Å²) in [5, 5.41) is 23.2. The Balaban J connectivity index is 1.27. The maximum absolute atomic E-state index is 14.8. The van der Waals surface area contributed by atoms with Gasteiger partial charge in [0.05, 0.1) is 65.7 Å². The van der Waals surface area contributed by atoms with E-state index in [1.54, 1.807) is 31.2 Å². The highest BCUT2D eigenvalue weighted by Crippen LogP contribution is 2.55. The molecule has 0 bridgehead atoms. The normalized spacial score (nSPS) is 40.4. The van der Waals surface area contributed by atoms with Crippen LogP contribution in [0.25, 0.3) is 0 Å². The highest BCUT2D eigenvalue weighted by molar-refractivity contribution is 7.86. The number of hydrogen-bond acceptors (Lipinski definition) is 13. The average Bonchev–Trinajstić information content (AvgIpc) is 3.61. The Hall–Kier alpha value is -2.27. The van der Waals surface area contributed by atoms with Crippen LogP contribution in [0.3, 0.4) is 0 Å². The number of aliphatic hydroxyl groups is 2. The van der Waals surface area contributed by atoms with Gasteiger partial charge in [0.2, 0.25) is 5.79 Å². The van der Waals surface area contributed by atoms with E-state index >= 15 is 0 Å². The maximum Gasteiger partial charge on any atom is 0.311 e. The van der Waals surface area contributed by atoms with Gasteiger partial charge >= 0.3 is 5.97 Å². The van der Waals surface area contributed by atoms with Gasteiger partial charge in [0.15, 0.2) is 5.79 Å². The van der Waals surface area contributed by atoms with Crippen LogP contribution in [0.5, 0.6) is 0 Å². The SMILES string of the molecule is CC[C@@H](C(=O)[C@@H](C)[C@@H](O)[C@H](C)[C@@H]1O[C@@H]([C@@H](CC)C(=O)OC)CC[C@@H]1C)[C@H]1O[C@]2(C=C[C@@H](OS(=O)(=O)c3ccc(C)cc3)[C@]3(CC[C@@](C)([C@H]4CC[C@](O)(CC)[C@H](C)O4)O3)O2)[C@H](C)C[C@@H]1C. The van der Waals surface area contributed by atoms with Crippen molar-refractivity contribution in [2.24, 2.45) is 41.4 Å². The second-order valence-corrected chi connectivity index (χ2v) is 22.0. The molecule has 0 radical (unpaired) electrons. The molecule has 0 aromatic heterocycles. The van der Waals surface area contributed by atoms with E-state index in [2.05, 4.69) is 13.8 Å². The summed E-state index contributed by atoms with van der Waals surface area (Å²) < 4.78 is 73.5. The van der Waals surface area contributed by atoms with Gasteiger partial charge in [-0.15, -0.1) is 0 Å². The molecule has 4 fully saturated rings. The first kappa shape index (κ1) is 51.1. The number of carbonyl (C=O) groups excluding carboxylic acids is 2. The van der Waals surface area contributed by atoms with Gasteiger partial charge in [-0.05, 0) is 115 Å². The second kappa shape index (κ2) is 19.8. The number of rotatable bonds is 15. The van der Waals surface area contributed by atoms with E-state index < -0.39 is 87.1 Å². The number of aliphatic hydroxyl groups excluding tert-OH is 1. The number of carbonyl (C=O) groups is 2. The molecule has 362 valence electrons. The fourth-order valence-electron chi connectivity index (χ4n) is 11.6. The minimum absolute atomic E-state index is 0.00718. The standard InChI is InChI=1S/C50H78O13S/c1-13-37(46(53)57-12)39-21-18-30(5)44(59-39)34(9)42(51)33(8)43(52)38(14-2)45-31(6)28-32(7)49(60-45)25-23-41(61-64(55,56)36-19-16-29(4)17-20-36)50(63-49)27-26-47(11,62-50)40-22-24-48(54,15-3)35(10)58-40/h16-17,19-20,23,25,30-35,37-42,44-45,51,54H,13-15,18,21-22,24,26-28H2,1-12H3/t30-,31-,32+,33-,34-,35-,37+,38-,39+,40+,41+,42+,44+,45-,47-,48+,49-,50-/m0/s1. The number of esters is 1. The van der Waals surface area contributed by atoms with Gasteiger partial charge in [-0.3, -0.25) is 13.8 Å². The molecule has 14 heteroatoms. The van der Waals surface area contributed by atoms with E-state index in [9.17, 15) is 28.2 Å². The van der Waals surface area contributed by atoms with Crippen LogP contribution in [-0.4, -0.2) is 103 Å². The van der Waals surface area contributed by atoms with Gasteiger partial charge in [-0.1, -0.05) is 73.1 Å². The molecule has 1 aromatic carbocycles. The zero-order chi connectivity index (χ0) is 47.2. The minimum atomic E-state index is -4.30. The molecule has 0 saturated carbocycles. The molecule has 0 aliphatic carbocycles. The summed E-state index contributed by atoms with van der Waals surface area (Å²) in [6, 6.07) is 6.47. The summed E-state index contributed by atoms with van der Waals surface area (Å²) in [6.45, 7) is 21.4. The van der Waals surface area contributed by atoms with E-state index in [0.29, 0.717) is 51.4 Å². The fourth-order valence-corrected chi connectivity index (χ4v) is 12.7. The number of ether oxygens (including phenoxy) is 6. The van der Waals surface area contributed by atoms with Crippen molar-refractivity contribution in [1.29, 1.82) is 0 Å². The zero-order valence-electron chi connectivity index (χ0n) is 40.4. The first-order chi connectivity index (χ1) is 30.0. The topological polar surface area (TPSA) is 173 Å². The number of methoxy groups -OCH3 is 1. The molecule has 1 aromatic rings. The molecule has 0 amide bonds. The van der Waals surface area contributed by atoms with Gasteiger partial charge in [0, 0.05) is 30.1 Å². The van der Waals surface area contributed by atoms with E-state index in [-0.39, 0.29) is 53.0 Å². The Morgan fingerprint density at radius 1 is 0.891 bits per heavy atom. The molecule has 5 aliphatic heterocycles. The van der Waals surface area contributed by atoms with Crippen LogP contribution in [0.2, 0.25) is 0 Å². The van der Waals surface area contributed by atoms with Crippen molar-refractivity contribution in [3.05, 3.63) is 42.0 Å². The van der Waals surface area contributed by atoms with Crippen molar-refractivity contribution >= 4 is 21.9 Å². The van der Waals surface area contributed by atoms with Crippen LogP contribution < -0.4 is 0 Å². The van der Waals surface area contributed by atoms with Crippen molar-refractivity contribution in [3.63, 3.8) is 0 Å². The Labute approximate surface area is 382 Å². The van der Waals surface area contributed by atoms with E-state index in [1.807, 2.05) is 55.4 Å². The van der Waals surface area contributed by atoms with E-state index in [0.717, 1.165) is 12.0 Å². The lowest BCUT2D eigenvalue weighted by atomic mass is 9.72. The minimum Gasteiger partial charge on any atom is -0.469 e. The summed E-state index contributed by atoms with van der Waals surface area (Å²) in [5.41, 5.74) is -0.991. The third-order valence-electron chi connectivity index (χ3n) is 16.1.